The standard InChI is InChI=1S/C26H28F7N9O3/c1-25(29,30)45-18-5-6-19(28)15(9-18)10-36-23(43)20(34)13-41(35)8-7-16(27)12-42-14-21(39-40-42)24(44)37-11-17-3-2-4-22(38-17)26(31,32)33/h2-6,9,13-14,16H,7-8,10-12,34-35H2,1H3,(H,36,43)(H,37,44)/b20-13-. The lowest BCUT2D eigenvalue weighted by atomic mass is 10.2. The van der Waals surface area contributed by atoms with Gasteiger partial charge in [0.05, 0.1) is 25.0 Å². The van der Waals surface area contributed by atoms with E-state index in [4.69, 9.17) is 11.6 Å². The van der Waals surface area contributed by atoms with Crippen molar-refractivity contribution in [2.24, 2.45) is 11.6 Å². The van der Waals surface area contributed by atoms with Crippen LogP contribution >= 0.6 is 0 Å². The summed E-state index contributed by atoms with van der Waals surface area (Å²) in [5.41, 5.74) is 3.77. The maximum atomic E-state index is 14.5. The third-order valence-corrected chi connectivity index (χ3v) is 5.70. The maximum absolute atomic E-state index is 14.5. The molecule has 45 heavy (non-hydrogen) atoms. The number of carbonyl (C=O) groups excluding carboxylic acids is 2. The molecule has 1 atom stereocenters. The molecule has 2 aromatic heterocycles. The monoisotopic (exact) mass is 647 g/mol. The quantitative estimate of drug-likeness (QED) is 0.0891. The van der Waals surface area contributed by atoms with Crippen LogP contribution in [0.25, 0.3) is 0 Å². The van der Waals surface area contributed by atoms with E-state index in [1.54, 1.807) is 0 Å². The summed E-state index contributed by atoms with van der Waals surface area (Å²) in [6.45, 7) is -0.679. The van der Waals surface area contributed by atoms with Crippen molar-refractivity contribution in [2.45, 2.75) is 51.4 Å². The van der Waals surface area contributed by atoms with E-state index in [-0.39, 0.29) is 48.8 Å². The first-order valence-corrected chi connectivity index (χ1v) is 13.0. The number of pyridine rings is 1. The van der Waals surface area contributed by atoms with Crippen LogP contribution in [-0.4, -0.2) is 55.6 Å². The molecule has 1 unspecified atom stereocenters. The predicted molar refractivity (Wildman–Crippen MR) is 143 cm³/mol. The van der Waals surface area contributed by atoms with Gasteiger partial charge in [-0.15, -0.1) is 5.10 Å². The number of carbonyl (C=O) groups is 2. The van der Waals surface area contributed by atoms with Crippen LogP contribution in [0.15, 0.2) is 54.5 Å². The normalized spacial score (nSPS) is 12.9. The molecule has 0 fully saturated rings. The van der Waals surface area contributed by atoms with Gasteiger partial charge in [-0.25, -0.2) is 24.3 Å². The SMILES string of the molecule is CC(F)(F)Oc1ccc(F)c(CNC(=O)/C(N)=C/N(N)CCC(F)Cn2cc(C(=O)NCc3cccc(C(F)(F)F)n3)nn2)c1. The molecule has 0 aliphatic rings. The number of rotatable bonds is 14. The summed E-state index contributed by atoms with van der Waals surface area (Å²) >= 11 is 0. The summed E-state index contributed by atoms with van der Waals surface area (Å²) in [6.07, 6.45) is -7.71. The van der Waals surface area contributed by atoms with Gasteiger partial charge in [-0.2, -0.15) is 22.0 Å². The summed E-state index contributed by atoms with van der Waals surface area (Å²) in [7, 11) is 0. The topological polar surface area (TPSA) is 166 Å². The summed E-state index contributed by atoms with van der Waals surface area (Å²) in [5.74, 6) is 3.01. The molecule has 0 bridgehead atoms. The van der Waals surface area contributed by atoms with E-state index < -0.39 is 54.0 Å². The number of nitrogens with one attached hydrogen (secondary N) is 2. The Balaban J connectivity index is 1.43. The Bertz CT molecular complexity index is 1510. The van der Waals surface area contributed by atoms with E-state index in [0.29, 0.717) is 6.92 Å². The van der Waals surface area contributed by atoms with Gasteiger partial charge < -0.3 is 26.1 Å². The van der Waals surface area contributed by atoms with Gasteiger partial charge in [0, 0.05) is 31.8 Å². The maximum Gasteiger partial charge on any atom is 0.433 e. The van der Waals surface area contributed by atoms with E-state index in [2.05, 4.69) is 30.7 Å². The molecular formula is C26H28F7N9O3. The zero-order chi connectivity index (χ0) is 33.4. The minimum atomic E-state index is -4.64. The molecule has 2 amide bonds. The van der Waals surface area contributed by atoms with Crippen LogP contribution in [0.1, 0.15) is 40.8 Å². The molecule has 3 aromatic rings. The predicted octanol–water partition coefficient (Wildman–Crippen LogP) is 2.77. The van der Waals surface area contributed by atoms with Crippen molar-refractivity contribution in [3.63, 3.8) is 0 Å². The fourth-order valence-corrected chi connectivity index (χ4v) is 3.61. The Hall–Kier alpha value is -4.94. The second kappa shape index (κ2) is 14.7. The zero-order valence-corrected chi connectivity index (χ0v) is 23.5. The molecule has 0 saturated carbocycles. The van der Waals surface area contributed by atoms with Crippen molar-refractivity contribution in [3.8, 4) is 5.75 Å². The zero-order valence-electron chi connectivity index (χ0n) is 23.5. The van der Waals surface area contributed by atoms with E-state index in [9.17, 15) is 40.3 Å². The Morgan fingerprint density at radius 2 is 1.87 bits per heavy atom. The molecule has 3 rings (SSSR count). The van der Waals surface area contributed by atoms with Crippen molar-refractivity contribution >= 4 is 11.8 Å². The molecule has 244 valence electrons. The molecular weight excluding hydrogens is 619 g/mol. The fraction of sp³-hybridized carbons (Fsp3) is 0.346. The van der Waals surface area contributed by atoms with Crippen LogP contribution < -0.4 is 26.9 Å². The molecule has 0 aliphatic carbocycles. The van der Waals surface area contributed by atoms with Gasteiger partial charge in [0.25, 0.3) is 11.8 Å². The van der Waals surface area contributed by atoms with Crippen LogP contribution in [0.5, 0.6) is 5.75 Å². The van der Waals surface area contributed by atoms with E-state index in [1.165, 1.54) is 6.07 Å². The first-order chi connectivity index (χ1) is 21.0. The molecule has 0 spiro atoms. The van der Waals surface area contributed by atoms with Gasteiger partial charge in [0.15, 0.2) is 5.69 Å². The Kier molecular flexibility index (Phi) is 11.3. The number of hydrogen-bond acceptors (Lipinski definition) is 9. The first kappa shape index (κ1) is 34.5. The third kappa shape index (κ3) is 11.2. The minimum Gasteiger partial charge on any atom is -0.433 e. The van der Waals surface area contributed by atoms with Crippen molar-refractivity contribution in [1.29, 1.82) is 0 Å². The molecule has 2 heterocycles. The van der Waals surface area contributed by atoms with Crippen LogP contribution in [0.4, 0.5) is 30.7 Å². The van der Waals surface area contributed by atoms with Crippen LogP contribution in [0.2, 0.25) is 0 Å². The molecule has 0 aliphatic heterocycles. The number of benzene rings is 1. The number of aromatic nitrogens is 4. The second-order valence-corrected chi connectivity index (χ2v) is 9.57. The number of ether oxygens (including phenoxy) is 1. The highest BCUT2D eigenvalue weighted by molar-refractivity contribution is 5.92. The van der Waals surface area contributed by atoms with Crippen molar-refractivity contribution in [2.75, 3.05) is 6.54 Å². The van der Waals surface area contributed by atoms with Crippen molar-refractivity contribution in [1.82, 2.24) is 35.6 Å². The summed E-state index contributed by atoms with van der Waals surface area (Å²) in [4.78, 5) is 28.0. The third-order valence-electron chi connectivity index (χ3n) is 5.70. The molecule has 12 nitrogen and oxygen atoms in total. The molecule has 1 aromatic carbocycles. The Labute approximate surface area is 251 Å². The number of nitrogens with two attached hydrogens (primary N) is 2. The number of hydrogen-bond donors (Lipinski definition) is 4. The number of amides is 2. The molecule has 0 saturated heterocycles. The summed E-state index contributed by atoms with van der Waals surface area (Å²) < 4.78 is 98.5. The van der Waals surface area contributed by atoms with Crippen molar-refractivity contribution < 1.29 is 45.1 Å². The van der Waals surface area contributed by atoms with Gasteiger partial charge >= 0.3 is 12.3 Å². The number of hydrazine groups is 1. The van der Waals surface area contributed by atoms with Crippen molar-refractivity contribution in [3.05, 3.63) is 83.0 Å². The van der Waals surface area contributed by atoms with Crippen LogP contribution in [0.3, 0.4) is 0 Å². The van der Waals surface area contributed by atoms with Gasteiger partial charge in [-0.3, -0.25) is 9.59 Å². The number of alkyl halides is 6. The summed E-state index contributed by atoms with van der Waals surface area (Å²) in [6, 6.07) is 6.13. The Morgan fingerprint density at radius 1 is 1.13 bits per heavy atom. The fourth-order valence-electron chi connectivity index (χ4n) is 3.61. The molecule has 19 heteroatoms. The molecule has 6 N–H and O–H groups in total. The largest absolute Gasteiger partial charge is 0.433 e. The van der Waals surface area contributed by atoms with Gasteiger partial charge in [0.2, 0.25) is 0 Å². The smallest absolute Gasteiger partial charge is 0.433 e. The van der Waals surface area contributed by atoms with Gasteiger partial charge in [0.1, 0.15) is 29.1 Å². The lowest BCUT2D eigenvalue weighted by Crippen LogP contribution is -2.34. The Morgan fingerprint density at radius 3 is 2.56 bits per heavy atom. The van der Waals surface area contributed by atoms with Crippen LogP contribution in [0, 0.1) is 5.82 Å². The number of halogens is 7. The minimum absolute atomic E-state index is 0.0382. The average molecular weight is 648 g/mol. The van der Waals surface area contributed by atoms with Crippen LogP contribution in [-0.2, 0) is 30.6 Å². The van der Waals surface area contributed by atoms with E-state index in [0.717, 1.165) is 52.4 Å². The highest BCUT2D eigenvalue weighted by Crippen LogP contribution is 2.27. The lowest BCUT2D eigenvalue weighted by molar-refractivity contribution is -0.159. The number of nitrogens with zero attached hydrogens (tertiary/aromatic N) is 5. The summed E-state index contributed by atoms with van der Waals surface area (Å²) in [5, 5.41) is 12.9. The lowest BCUT2D eigenvalue weighted by Gasteiger charge is -2.17. The first-order valence-electron chi connectivity index (χ1n) is 13.0. The highest BCUT2D eigenvalue weighted by Gasteiger charge is 2.32. The average Bonchev–Trinajstić information content (AvgIpc) is 3.42. The highest BCUT2D eigenvalue weighted by atomic mass is 19.4. The van der Waals surface area contributed by atoms with E-state index in [1.807, 2.05) is 0 Å². The second-order valence-electron chi connectivity index (χ2n) is 9.57. The molecule has 0 radical (unpaired) electrons. The van der Waals surface area contributed by atoms with Gasteiger partial charge in [-0.1, -0.05) is 11.3 Å². The van der Waals surface area contributed by atoms with Gasteiger partial charge in [-0.05, 0) is 36.8 Å². The van der Waals surface area contributed by atoms with E-state index >= 15 is 0 Å².